The molecular formula is C14H14N4O. The summed E-state index contributed by atoms with van der Waals surface area (Å²) in [6, 6.07) is 11.2. The molecule has 0 aliphatic rings. The topological polar surface area (TPSA) is 76.8 Å². The summed E-state index contributed by atoms with van der Waals surface area (Å²) in [6.45, 7) is 2.30. The van der Waals surface area contributed by atoms with Crippen molar-refractivity contribution in [2.24, 2.45) is 0 Å². The van der Waals surface area contributed by atoms with Crippen molar-refractivity contribution in [3.8, 4) is 5.75 Å². The number of pyridine rings is 1. The maximum Gasteiger partial charge on any atom is 0.178 e. The normalized spacial score (nSPS) is 10.8. The molecule has 3 rings (SSSR count). The first kappa shape index (κ1) is 11.5. The highest BCUT2D eigenvalue weighted by molar-refractivity contribution is 5.70. The van der Waals surface area contributed by atoms with Crippen molar-refractivity contribution < 1.29 is 4.74 Å². The Balaban J connectivity index is 1.78. The van der Waals surface area contributed by atoms with E-state index in [2.05, 4.69) is 15.0 Å². The van der Waals surface area contributed by atoms with Gasteiger partial charge in [-0.2, -0.15) is 0 Å². The van der Waals surface area contributed by atoms with E-state index in [9.17, 15) is 0 Å². The Labute approximate surface area is 110 Å². The Morgan fingerprint density at radius 2 is 2.11 bits per heavy atom. The Bertz CT molecular complexity index is 720. The molecule has 3 aromatic rings. The van der Waals surface area contributed by atoms with Crippen molar-refractivity contribution in [1.29, 1.82) is 0 Å². The van der Waals surface area contributed by atoms with Gasteiger partial charge in [0.05, 0.1) is 5.52 Å². The van der Waals surface area contributed by atoms with E-state index in [0.29, 0.717) is 17.9 Å². The minimum atomic E-state index is 0.360. The summed E-state index contributed by atoms with van der Waals surface area (Å²) in [5.41, 5.74) is 8.95. The Kier molecular flexibility index (Phi) is 2.79. The molecule has 5 heteroatoms. The van der Waals surface area contributed by atoms with Gasteiger partial charge in [-0.1, -0.05) is 6.07 Å². The first-order valence-corrected chi connectivity index (χ1v) is 6.01. The molecule has 0 bridgehead atoms. The quantitative estimate of drug-likeness (QED) is 0.704. The highest BCUT2D eigenvalue weighted by Gasteiger charge is 2.05. The number of nitrogens with one attached hydrogen (secondary N) is 1. The number of hydrogen-bond acceptors (Lipinski definition) is 4. The van der Waals surface area contributed by atoms with Gasteiger partial charge in [0.1, 0.15) is 18.2 Å². The molecular weight excluding hydrogens is 240 g/mol. The summed E-state index contributed by atoms with van der Waals surface area (Å²) in [5, 5.41) is 0. The lowest BCUT2D eigenvalue weighted by molar-refractivity contribution is 0.297. The van der Waals surface area contributed by atoms with E-state index in [0.717, 1.165) is 22.8 Å². The summed E-state index contributed by atoms with van der Waals surface area (Å²) >= 11 is 0. The average molecular weight is 254 g/mol. The number of anilines is 1. The van der Waals surface area contributed by atoms with Gasteiger partial charge in [-0.15, -0.1) is 0 Å². The van der Waals surface area contributed by atoms with Crippen LogP contribution in [-0.4, -0.2) is 15.0 Å². The maximum atomic E-state index is 5.69. The molecule has 0 atom stereocenters. The molecule has 0 spiro atoms. The minimum absolute atomic E-state index is 0.360. The maximum absolute atomic E-state index is 5.69. The Morgan fingerprint density at radius 3 is 2.95 bits per heavy atom. The van der Waals surface area contributed by atoms with Crippen molar-refractivity contribution in [3.05, 3.63) is 47.9 Å². The smallest absolute Gasteiger partial charge is 0.178 e. The van der Waals surface area contributed by atoms with Crippen LogP contribution >= 0.6 is 0 Å². The number of H-pyrrole nitrogens is 1. The second kappa shape index (κ2) is 4.61. The highest BCUT2D eigenvalue weighted by atomic mass is 16.5. The van der Waals surface area contributed by atoms with Crippen LogP contribution in [0.15, 0.2) is 36.4 Å². The molecule has 0 aliphatic heterocycles. The standard InChI is InChI=1S/C14H14N4O/c1-9-5-6-12-14(16-9)18-13(17-12)8-19-11-4-2-3-10(15)7-11/h2-7H,8,15H2,1H3,(H,16,17,18). The molecule has 96 valence electrons. The lowest BCUT2D eigenvalue weighted by Gasteiger charge is -2.04. The van der Waals surface area contributed by atoms with Crippen LogP contribution in [0.25, 0.3) is 11.2 Å². The number of aromatic amines is 1. The second-order valence-electron chi connectivity index (χ2n) is 4.37. The number of benzene rings is 1. The van der Waals surface area contributed by atoms with Gasteiger partial charge >= 0.3 is 0 Å². The van der Waals surface area contributed by atoms with Crippen LogP contribution in [0.1, 0.15) is 11.5 Å². The zero-order valence-corrected chi connectivity index (χ0v) is 10.6. The van der Waals surface area contributed by atoms with E-state index in [-0.39, 0.29) is 0 Å². The van der Waals surface area contributed by atoms with E-state index in [4.69, 9.17) is 10.5 Å². The fourth-order valence-corrected chi connectivity index (χ4v) is 1.86. The number of ether oxygens (including phenoxy) is 1. The van der Waals surface area contributed by atoms with Gasteiger partial charge < -0.3 is 15.5 Å². The number of aromatic nitrogens is 3. The lowest BCUT2D eigenvalue weighted by atomic mass is 10.3. The Morgan fingerprint density at radius 1 is 1.21 bits per heavy atom. The third-order valence-corrected chi connectivity index (χ3v) is 2.77. The molecule has 5 nitrogen and oxygen atoms in total. The fraction of sp³-hybridized carbons (Fsp3) is 0.143. The zero-order valence-electron chi connectivity index (χ0n) is 10.6. The van der Waals surface area contributed by atoms with Crippen LogP contribution in [0, 0.1) is 6.92 Å². The molecule has 0 aliphatic carbocycles. The molecule has 0 saturated carbocycles. The number of nitrogens with two attached hydrogens (primary N) is 1. The van der Waals surface area contributed by atoms with Gasteiger partial charge in [0.2, 0.25) is 0 Å². The number of rotatable bonds is 3. The SMILES string of the molecule is Cc1ccc2[nH]c(COc3cccc(N)c3)nc2n1. The molecule has 3 N–H and O–H groups in total. The first-order valence-electron chi connectivity index (χ1n) is 6.01. The molecule has 19 heavy (non-hydrogen) atoms. The van der Waals surface area contributed by atoms with Crippen LogP contribution in [0.4, 0.5) is 5.69 Å². The number of fused-ring (bicyclic) bond motifs is 1. The highest BCUT2D eigenvalue weighted by Crippen LogP contribution is 2.16. The largest absolute Gasteiger partial charge is 0.486 e. The lowest BCUT2D eigenvalue weighted by Crippen LogP contribution is -1.98. The second-order valence-corrected chi connectivity index (χ2v) is 4.37. The van der Waals surface area contributed by atoms with E-state index in [1.54, 1.807) is 6.07 Å². The van der Waals surface area contributed by atoms with Gasteiger partial charge in [-0.05, 0) is 31.2 Å². The van der Waals surface area contributed by atoms with Crippen LogP contribution in [-0.2, 0) is 6.61 Å². The summed E-state index contributed by atoms with van der Waals surface area (Å²) in [6.07, 6.45) is 0. The summed E-state index contributed by atoms with van der Waals surface area (Å²) in [5.74, 6) is 1.47. The van der Waals surface area contributed by atoms with Crippen molar-refractivity contribution in [2.45, 2.75) is 13.5 Å². The van der Waals surface area contributed by atoms with Gasteiger partial charge in [0, 0.05) is 17.4 Å². The van der Waals surface area contributed by atoms with E-state index < -0.39 is 0 Å². The number of aryl methyl sites for hydroxylation is 1. The third-order valence-electron chi connectivity index (χ3n) is 2.77. The average Bonchev–Trinajstić information content (AvgIpc) is 2.78. The number of nitrogen functional groups attached to an aromatic ring is 1. The molecule has 0 amide bonds. The molecule has 0 fully saturated rings. The monoisotopic (exact) mass is 254 g/mol. The summed E-state index contributed by atoms with van der Waals surface area (Å²) in [7, 11) is 0. The van der Waals surface area contributed by atoms with E-state index >= 15 is 0 Å². The van der Waals surface area contributed by atoms with Crippen LogP contribution in [0.2, 0.25) is 0 Å². The predicted octanol–water partition coefficient (Wildman–Crippen LogP) is 2.43. The summed E-state index contributed by atoms with van der Waals surface area (Å²) in [4.78, 5) is 11.9. The van der Waals surface area contributed by atoms with Gasteiger partial charge in [-0.25, -0.2) is 9.97 Å². The third kappa shape index (κ3) is 2.49. The molecule has 0 radical (unpaired) electrons. The molecule has 0 saturated heterocycles. The molecule has 0 unspecified atom stereocenters. The fourth-order valence-electron chi connectivity index (χ4n) is 1.86. The minimum Gasteiger partial charge on any atom is -0.486 e. The van der Waals surface area contributed by atoms with Crippen LogP contribution < -0.4 is 10.5 Å². The van der Waals surface area contributed by atoms with Crippen molar-refractivity contribution in [2.75, 3.05) is 5.73 Å². The number of nitrogens with zero attached hydrogens (tertiary/aromatic N) is 2. The first-order chi connectivity index (χ1) is 9.20. The van der Waals surface area contributed by atoms with Gasteiger partial charge in [0.25, 0.3) is 0 Å². The van der Waals surface area contributed by atoms with Crippen molar-refractivity contribution >= 4 is 16.9 Å². The van der Waals surface area contributed by atoms with Gasteiger partial charge in [0.15, 0.2) is 5.65 Å². The predicted molar refractivity (Wildman–Crippen MR) is 73.8 cm³/mol. The van der Waals surface area contributed by atoms with Crippen molar-refractivity contribution in [3.63, 3.8) is 0 Å². The van der Waals surface area contributed by atoms with Gasteiger partial charge in [-0.3, -0.25) is 0 Å². The summed E-state index contributed by atoms with van der Waals surface area (Å²) < 4.78 is 5.63. The Hall–Kier alpha value is -2.56. The van der Waals surface area contributed by atoms with Crippen molar-refractivity contribution in [1.82, 2.24) is 15.0 Å². The number of imidazole rings is 1. The van der Waals surface area contributed by atoms with E-state index in [1.807, 2.05) is 37.3 Å². The van der Waals surface area contributed by atoms with Crippen LogP contribution in [0.3, 0.4) is 0 Å². The number of hydrogen-bond donors (Lipinski definition) is 2. The van der Waals surface area contributed by atoms with Crippen LogP contribution in [0.5, 0.6) is 5.75 Å². The molecule has 1 aromatic carbocycles. The molecule has 2 aromatic heterocycles. The molecule has 2 heterocycles. The van der Waals surface area contributed by atoms with E-state index in [1.165, 1.54) is 0 Å². The zero-order chi connectivity index (χ0) is 13.2.